The maximum Gasteiger partial charge on any atom is 0.129 e. The standard InChI is InChI=1S/C27H27F3/c1-18(19-5-3-2-4-6-19)15-25-26(29)16-23(17-27(25)30)22-9-7-20(8-10-22)21-11-13-24(28)14-12-21/h2-6,11-14,16-18,20,22H,7-10,15H2,1H3/t18-,20?,22?/m0/s1. The lowest BCUT2D eigenvalue weighted by atomic mass is 9.76. The first-order valence-corrected chi connectivity index (χ1v) is 10.8. The summed E-state index contributed by atoms with van der Waals surface area (Å²) in [6.45, 7) is 2.00. The van der Waals surface area contributed by atoms with Crippen LogP contribution in [0.25, 0.3) is 0 Å². The Hall–Kier alpha value is -2.55. The molecule has 0 amide bonds. The summed E-state index contributed by atoms with van der Waals surface area (Å²) in [4.78, 5) is 0. The van der Waals surface area contributed by atoms with Crippen molar-refractivity contribution in [2.75, 3.05) is 0 Å². The quantitative estimate of drug-likeness (QED) is 0.403. The number of hydrogen-bond acceptors (Lipinski definition) is 0. The fourth-order valence-electron chi connectivity index (χ4n) is 4.75. The van der Waals surface area contributed by atoms with E-state index in [1.165, 1.54) is 12.1 Å². The van der Waals surface area contributed by atoms with E-state index in [0.29, 0.717) is 12.3 Å². The molecule has 0 unspecified atom stereocenters. The molecule has 0 saturated heterocycles. The van der Waals surface area contributed by atoms with E-state index in [1.807, 2.05) is 49.4 Å². The van der Waals surface area contributed by atoms with Crippen LogP contribution in [0.3, 0.4) is 0 Å². The topological polar surface area (TPSA) is 0 Å². The molecule has 156 valence electrons. The molecule has 1 saturated carbocycles. The molecule has 3 heteroatoms. The van der Waals surface area contributed by atoms with Gasteiger partial charge in [0, 0.05) is 5.56 Å². The van der Waals surface area contributed by atoms with Crippen molar-refractivity contribution in [2.45, 2.75) is 56.8 Å². The number of hydrogen-bond donors (Lipinski definition) is 0. The van der Waals surface area contributed by atoms with Crippen LogP contribution >= 0.6 is 0 Å². The van der Waals surface area contributed by atoms with Gasteiger partial charge in [0.2, 0.25) is 0 Å². The lowest BCUT2D eigenvalue weighted by Gasteiger charge is -2.29. The van der Waals surface area contributed by atoms with Crippen LogP contribution in [0, 0.1) is 17.5 Å². The molecule has 0 radical (unpaired) electrons. The van der Waals surface area contributed by atoms with E-state index in [4.69, 9.17) is 0 Å². The van der Waals surface area contributed by atoms with Crippen LogP contribution in [0.15, 0.2) is 66.7 Å². The van der Waals surface area contributed by atoms with Gasteiger partial charge >= 0.3 is 0 Å². The van der Waals surface area contributed by atoms with E-state index in [0.717, 1.165) is 42.4 Å². The molecule has 30 heavy (non-hydrogen) atoms. The summed E-state index contributed by atoms with van der Waals surface area (Å²) in [7, 11) is 0. The third-order valence-corrected chi connectivity index (χ3v) is 6.58. The molecule has 4 rings (SSSR count). The van der Waals surface area contributed by atoms with Crippen LogP contribution in [-0.2, 0) is 6.42 Å². The summed E-state index contributed by atoms with van der Waals surface area (Å²) in [5, 5.41) is 0. The molecule has 3 aromatic rings. The summed E-state index contributed by atoms with van der Waals surface area (Å²) in [6.07, 6.45) is 4.03. The van der Waals surface area contributed by atoms with Crippen molar-refractivity contribution < 1.29 is 13.2 Å². The molecule has 0 bridgehead atoms. The molecule has 0 spiro atoms. The van der Waals surface area contributed by atoms with Gasteiger partial charge in [-0.2, -0.15) is 0 Å². The molecule has 0 nitrogen and oxygen atoms in total. The maximum absolute atomic E-state index is 14.8. The monoisotopic (exact) mass is 408 g/mol. The zero-order valence-electron chi connectivity index (χ0n) is 17.3. The summed E-state index contributed by atoms with van der Waals surface area (Å²) >= 11 is 0. The smallest absolute Gasteiger partial charge is 0.129 e. The molecule has 1 aliphatic rings. The van der Waals surface area contributed by atoms with Gasteiger partial charge in [0.1, 0.15) is 17.5 Å². The first kappa shape index (κ1) is 20.7. The summed E-state index contributed by atoms with van der Waals surface area (Å²) in [6, 6.07) is 19.6. The molecule has 0 aliphatic heterocycles. The minimum Gasteiger partial charge on any atom is -0.207 e. The van der Waals surface area contributed by atoms with Gasteiger partial charge in [-0.05, 0) is 90.8 Å². The van der Waals surface area contributed by atoms with E-state index in [2.05, 4.69) is 0 Å². The van der Waals surface area contributed by atoms with Gasteiger partial charge in [0.15, 0.2) is 0 Å². The fourth-order valence-corrected chi connectivity index (χ4v) is 4.75. The Morgan fingerprint density at radius 3 is 1.83 bits per heavy atom. The SMILES string of the molecule is C[C@@H](Cc1c(F)cc(C2CCC(c3ccc(F)cc3)CC2)cc1F)c1ccccc1. The van der Waals surface area contributed by atoms with Gasteiger partial charge in [-0.15, -0.1) is 0 Å². The van der Waals surface area contributed by atoms with Gasteiger partial charge in [0.05, 0.1) is 0 Å². The van der Waals surface area contributed by atoms with Crippen molar-refractivity contribution in [3.05, 3.63) is 106 Å². The van der Waals surface area contributed by atoms with Crippen LogP contribution in [-0.4, -0.2) is 0 Å². The summed E-state index contributed by atoms with van der Waals surface area (Å²) in [5.74, 6) is -0.483. The van der Waals surface area contributed by atoms with Gasteiger partial charge < -0.3 is 0 Å². The first-order valence-electron chi connectivity index (χ1n) is 10.8. The third kappa shape index (κ3) is 4.61. The minimum atomic E-state index is -0.437. The average molecular weight is 409 g/mol. The molecule has 0 N–H and O–H groups in total. The third-order valence-electron chi connectivity index (χ3n) is 6.58. The second-order valence-electron chi connectivity index (χ2n) is 8.58. The van der Waals surface area contributed by atoms with Crippen molar-refractivity contribution in [3.63, 3.8) is 0 Å². The first-order chi connectivity index (χ1) is 14.5. The van der Waals surface area contributed by atoms with Crippen molar-refractivity contribution in [1.29, 1.82) is 0 Å². The highest BCUT2D eigenvalue weighted by Gasteiger charge is 2.25. The highest BCUT2D eigenvalue weighted by Crippen LogP contribution is 2.41. The van der Waals surface area contributed by atoms with Crippen LogP contribution in [0.1, 0.15) is 72.6 Å². The van der Waals surface area contributed by atoms with E-state index < -0.39 is 11.6 Å². The van der Waals surface area contributed by atoms with Crippen LogP contribution in [0.5, 0.6) is 0 Å². The largest absolute Gasteiger partial charge is 0.207 e. The van der Waals surface area contributed by atoms with Crippen LogP contribution < -0.4 is 0 Å². The zero-order valence-corrected chi connectivity index (χ0v) is 17.3. The van der Waals surface area contributed by atoms with Crippen molar-refractivity contribution >= 4 is 0 Å². The maximum atomic E-state index is 14.8. The van der Waals surface area contributed by atoms with E-state index in [1.54, 1.807) is 12.1 Å². The van der Waals surface area contributed by atoms with Gasteiger partial charge in [-0.3, -0.25) is 0 Å². The highest BCUT2D eigenvalue weighted by molar-refractivity contribution is 5.32. The second kappa shape index (κ2) is 9.07. The molecule has 1 atom stereocenters. The van der Waals surface area contributed by atoms with Crippen LogP contribution in [0.4, 0.5) is 13.2 Å². The molecular weight excluding hydrogens is 381 g/mol. The Labute approximate surface area is 176 Å². The summed E-state index contributed by atoms with van der Waals surface area (Å²) in [5.41, 5.74) is 3.17. The normalized spacial score (nSPS) is 20.1. The van der Waals surface area contributed by atoms with Gasteiger partial charge in [-0.1, -0.05) is 49.4 Å². The average Bonchev–Trinajstić information content (AvgIpc) is 2.77. The van der Waals surface area contributed by atoms with Crippen LogP contribution in [0.2, 0.25) is 0 Å². The summed E-state index contributed by atoms with van der Waals surface area (Å²) < 4.78 is 42.8. The van der Waals surface area contributed by atoms with Crippen molar-refractivity contribution in [2.24, 2.45) is 0 Å². The minimum absolute atomic E-state index is 0.0483. The molecule has 3 aromatic carbocycles. The molecule has 0 heterocycles. The lowest BCUT2D eigenvalue weighted by Crippen LogP contribution is -2.13. The Balaban J connectivity index is 1.44. The van der Waals surface area contributed by atoms with E-state index >= 15 is 0 Å². The molecular formula is C27H27F3. The Morgan fingerprint density at radius 1 is 0.733 bits per heavy atom. The van der Waals surface area contributed by atoms with Crippen molar-refractivity contribution in [3.8, 4) is 0 Å². The number of rotatable bonds is 5. The predicted molar refractivity (Wildman–Crippen MR) is 115 cm³/mol. The van der Waals surface area contributed by atoms with Gasteiger partial charge in [0.25, 0.3) is 0 Å². The molecule has 1 aliphatic carbocycles. The van der Waals surface area contributed by atoms with E-state index in [-0.39, 0.29) is 23.2 Å². The highest BCUT2D eigenvalue weighted by atomic mass is 19.1. The molecule has 1 fully saturated rings. The van der Waals surface area contributed by atoms with E-state index in [9.17, 15) is 13.2 Å². The lowest BCUT2D eigenvalue weighted by molar-refractivity contribution is 0.393. The van der Waals surface area contributed by atoms with Gasteiger partial charge in [-0.25, -0.2) is 13.2 Å². The second-order valence-corrected chi connectivity index (χ2v) is 8.58. The zero-order chi connectivity index (χ0) is 21.1. The fraction of sp³-hybridized carbons (Fsp3) is 0.333. The Bertz CT molecular complexity index is 948. The predicted octanol–water partition coefficient (Wildman–Crippen LogP) is 7.89. The number of benzene rings is 3. The number of halogens is 3. The Morgan fingerprint density at radius 2 is 1.27 bits per heavy atom. The molecule has 0 aromatic heterocycles. The Kier molecular flexibility index (Phi) is 6.26. The van der Waals surface area contributed by atoms with Crippen molar-refractivity contribution in [1.82, 2.24) is 0 Å².